The van der Waals surface area contributed by atoms with Gasteiger partial charge in [0.1, 0.15) is 15.6 Å². The Kier molecular flexibility index (Phi) is 5.81. The van der Waals surface area contributed by atoms with Gasteiger partial charge in [0.2, 0.25) is 0 Å². The largest absolute Gasteiger partial charge is 0.433 e. The molecule has 7 heteroatoms. The summed E-state index contributed by atoms with van der Waals surface area (Å²) in [4.78, 5) is 17.5. The number of nitrogens with one attached hydrogen (secondary N) is 1. The van der Waals surface area contributed by atoms with Crippen molar-refractivity contribution in [3.8, 4) is 16.3 Å². The lowest BCUT2D eigenvalue weighted by molar-refractivity contribution is -0.0493. The molecule has 4 nitrogen and oxygen atoms in total. The second-order valence-corrected chi connectivity index (χ2v) is 6.81. The van der Waals surface area contributed by atoms with E-state index in [-0.39, 0.29) is 11.4 Å². The minimum atomic E-state index is -2.97. The highest BCUT2D eigenvalue weighted by molar-refractivity contribution is 7.17. The molecule has 0 aliphatic rings. The number of anilines is 1. The predicted octanol–water partition coefficient (Wildman–Crippen LogP) is 5.53. The molecule has 27 heavy (non-hydrogen) atoms. The van der Waals surface area contributed by atoms with Crippen molar-refractivity contribution < 1.29 is 18.3 Å². The van der Waals surface area contributed by atoms with Crippen molar-refractivity contribution in [3.05, 3.63) is 64.7 Å². The summed E-state index contributed by atoms with van der Waals surface area (Å²) in [5.41, 5.74) is 2.92. The lowest BCUT2D eigenvalue weighted by atomic mass is 10.1. The standard InChI is InChI=1S/C20H18F2N2O2S/c1-3-13-8-10-14(11-9-13)19-23-12(2)17(27-19)18(25)24-15-6-4-5-7-16(15)26-20(21)22/h4-11,20H,3H2,1-2H3,(H,24,25). The van der Waals surface area contributed by atoms with E-state index in [9.17, 15) is 13.6 Å². The minimum Gasteiger partial charge on any atom is -0.433 e. The van der Waals surface area contributed by atoms with Crippen LogP contribution in [-0.2, 0) is 6.42 Å². The molecule has 0 unspecified atom stereocenters. The maximum atomic E-state index is 12.6. The Morgan fingerprint density at radius 2 is 1.89 bits per heavy atom. The molecule has 0 saturated heterocycles. The minimum absolute atomic E-state index is 0.0848. The Labute approximate surface area is 159 Å². The first-order chi connectivity index (χ1) is 13.0. The van der Waals surface area contributed by atoms with Crippen LogP contribution in [0, 0.1) is 6.92 Å². The first-order valence-corrected chi connectivity index (χ1v) is 9.21. The molecule has 0 radical (unpaired) electrons. The Morgan fingerprint density at radius 1 is 1.19 bits per heavy atom. The van der Waals surface area contributed by atoms with Crippen molar-refractivity contribution in [1.29, 1.82) is 0 Å². The average Bonchev–Trinajstić information content (AvgIpc) is 3.05. The number of para-hydroxylation sites is 2. The number of amides is 1. The van der Waals surface area contributed by atoms with E-state index in [2.05, 4.69) is 22.0 Å². The van der Waals surface area contributed by atoms with Crippen LogP contribution >= 0.6 is 11.3 Å². The first-order valence-electron chi connectivity index (χ1n) is 8.40. The number of halogens is 2. The van der Waals surface area contributed by atoms with Gasteiger partial charge in [0, 0.05) is 5.56 Å². The molecule has 3 aromatic rings. The van der Waals surface area contributed by atoms with Crippen molar-refractivity contribution in [1.82, 2.24) is 4.98 Å². The summed E-state index contributed by atoms with van der Waals surface area (Å²) < 4.78 is 29.5. The molecule has 1 aromatic heterocycles. The number of hydrogen-bond acceptors (Lipinski definition) is 4. The zero-order chi connectivity index (χ0) is 19.4. The van der Waals surface area contributed by atoms with E-state index in [0.717, 1.165) is 17.0 Å². The van der Waals surface area contributed by atoms with Crippen LogP contribution in [0.1, 0.15) is 27.9 Å². The molecule has 0 aliphatic carbocycles. The van der Waals surface area contributed by atoms with Crippen LogP contribution in [0.3, 0.4) is 0 Å². The monoisotopic (exact) mass is 388 g/mol. The van der Waals surface area contributed by atoms with Gasteiger partial charge in [0.25, 0.3) is 5.91 Å². The van der Waals surface area contributed by atoms with Gasteiger partial charge in [-0.25, -0.2) is 4.98 Å². The number of thiazole rings is 1. The van der Waals surface area contributed by atoms with E-state index >= 15 is 0 Å². The molecule has 1 heterocycles. The van der Waals surface area contributed by atoms with E-state index in [1.54, 1.807) is 19.1 Å². The third-order valence-electron chi connectivity index (χ3n) is 3.96. The Balaban J connectivity index is 1.83. The Bertz CT molecular complexity index is 939. The maximum Gasteiger partial charge on any atom is 0.387 e. The number of alkyl halides is 2. The van der Waals surface area contributed by atoms with Gasteiger partial charge in [-0.1, -0.05) is 43.3 Å². The highest BCUT2D eigenvalue weighted by atomic mass is 32.1. The van der Waals surface area contributed by atoms with Crippen LogP contribution in [0.25, 0.3) is 10.6 Å². The summed E-state index contributed by atoms with van der Waals surface area (Å²) in [6.45, 7) is 0.864. The highest BCUT2D eigenvalue weighted by Crippen LogP contribution is 2.31. The van der Waals surface area contributed by atoms with Crippen molar-refractivity contribution in [2.45, 2.75) is 26.9 Å². The lowest BCUT2D eigenvalue weighted by Gasteiger charge is -2.11. The first kappa shape index (κ1) is 19.0. The van der Waals surface area contributed by atoms with Gasteiger partial charge in [-0.15, -0.1) is 11.3 Å². The number of ether oxygens (including phenoxy) is 1. The lowest BCUT2D eigenvalue weighted by Crippen LogP contribution is -2.13. The average molecular weight is 388 g/mol. The van der Waals surface area contributed by atoms with Crippen molar-refractivity contribution in [2.24, 2.45) is 0 Å². The number of aromatic nitrogens is 1. The fourth-order valence-corrected chi connectivity index (χ4v) is 3.53. The van der Waals surface area contributed by atoms with Gasteiger partial charge in [0.05, 0.1) is 11.4 Å². The van der Waals surface area contributed by atoms with Gasteiger partial charge in [0.15, 0.2) is 0 Å². The molecular weight excluding hydrogens is 370 g/mol. The summed E-state index contributed by atoms with van der Waals surface area (Å²) in [7, 11) is 0. The van der Waals surface area contributed by atoms with E-state index in [0.29, 0.717) is 10.6 Å². The molecule has 1 N–H and O–H groups in total. The third kappa shape index (κ3) is 4.49. The second-order valence-electron chi connectivity index (χ2n) is 5.81. The second kappa shape index (κ2) is 8.26. The van der Waals surface area contributed by atoms with Crippen LogP contribution in [0.2, 0.25) is 0 Å². The highest BCUT2D eigenvalue weighted by Gasteiger charge is 2.18. The summed E-state index contributed by atoms with van der Waals surface area (Å²) in [6, 6.07) is 14.1. The molecular formula is C20H18F2N2O2S. The number of carbonyl (C=O) groups excluding carboxylic acids is 1. The zero-order valence-electron chi connectivity index (χ0n) is 14.8. The predicted molar refractivity (Wildman–Crippen MR) is 103 cm³/mol. The molecule has 0 spiro atoms. The molecule has 0 atom stereocenters. The fourth-order valence-electron chi connectivity index (χ4n) is 2.56. The molecule has 140 valence electrons. The van der Waals surface area contributed by atoms with Gasteiger partial charge in [-0.05, 0) is 31.0 Å². The molecule has 0 saturated carbocycles. The quantitative estimate of drug-likeness (QED) is 0.604. The van der Waals surface area contributed by atoms with Gasteiger partial charge in [-0.3, -0.25) is 4.79 Å². The molecule has 1 amide bonds. The van der Waals surface area contributed by atoms with Crippen molar-refractivity contribution in [3.63, 3.8) is 0 Å². The van der Waals surface area contributed by atoms with Crippen LogP contribution in [0.5, 0.6) is 5.75 Å². The van der Waals surface area contributed by atoms with Crippen molar-refractivity contribution >= 4 is 22.9 Å². The van der Waals surface area contributed by atoms with Gasteiger partial charge >= 0.3 is 6.61 Å². The van der Waals surface area contributed by atoms with Crippen LogP contribution in [0.4, 0.5) is 14.5 Å². The summed E-state index contributed by atoms with van der Waals surface area (Å²) >= 11 is 1.26. The van der Waals surface area contributed by atoms with Crippen LogP contribution in [-0.4, -0.2) is 17.5 Å². The van der Waals surface area contributed by atoms with Crippen molar-refractivity contribution in [2.75, 3.05) is 5.32 Å². The van der Waals surface area contributed by atoms with E-state index in [1.807, 2.05) is 24.3 Å². The summed E-state index contributed by atoms with van der Waals surface area (Å²) in [6.07, 6.45) is 0.949. The number of aryl methyl sites for hydroxylation is 2. The Hall–Kier alpha value is -2.80. The SMILES string of the molecule is CCc1ccc(-c2nc(C)c(C(=O)Nc3ccccc3OC(F)F)s2)cc1. The summed E-state index contributed by atoms with van der Waals surface area (Å²) in [5.74, 6) is -0.495. The number of rotatable bonds is 6. The van der Waals surface area contributed by atoms with Gasteiger partial charge < -0.3 is 10.1 Å². The number of carbonyl (C=O) groups is 1. The van der Waals surface area contributed by atoms with E-state index in [4.69, 9.17) is 0 Å². The summed E-state index contributed by atoms with van der Waals surface area (Å²) in [5, 5.41) is 3.36. The fraction of sp³-hybridized carbons (Fsp3) is 0.200. The van der Waals surface area contributed by atoms with E-state index in [1.165, 1.54) is 29.0 Å². The number of hydrogen-bond donors (Lipinski definition) is 1. The molecule has 2 aromatic carbocycles. The van der Waals surface area contributed by atoms with Crippen LogP contribution in [0.15, 0.2) is 48.5 Å². The topological polar surface area (TPSA) is 51.2 Å². The molecule has 0 aliphatic heterocycles. The van der Waals surface area contributed by atoms with E-state index < -0.39 is 12.5 Å². The molecule has 3 rings (SSSR count). The Morgan fingerprint density at radius 3 is 2.56 bits per heavy atom. The molecule has 0 fully saturated rings. The zero-order valence-corrected chi connectivity index (χ0v) is 15.6. The smallest absolute Gasteiger partial charge is 0.387 e. The molecule has 0 bridgehead atoms. The maximum absolute atomic E-state index is 12.6. The normalized spacial score (nSPS) is 10.9. The van der Waals surface area contributed by atoms with Crippen LogP contribution < -0.4 is 10.1 Å². The number of benzene rings is 2. The third-order valence-corrected chi connectivity index (χ3v) is 5.17. The van der Waals surface area contributed by atoms with Gasteiger partial charge in [-0.2, -0.15) is 8.78 Å². The number of nitrogens with zero attached hydrogens (tertiary/aromatic N) is 1.